The number of aromatic nitrogens is 2. The molecule has 8 heteroatoms. The fourth-order valence-electron chi connectivity index (χ4n) is 2.03. The second-order valence-electron chi connectivity index (χ2n) is 4.45. The van der Waals surface area contributed by atoms with E-state index in [4.69, 9.17) is 5.73 Å². The minimum atomic E-state index is -3.77. The van der Waals surface area contributed by atoms with Gasteiger partial charge in [-0.25, -0.2) is 9.71 Å². The Hall–Kier alpha value is -2.35. The zero-order chi connectivity index (χ0) is 14.2. The van der Waals surface area contributed by atoms with E-state index in [1.165, 1.54) is 5.56 Å². The topological polar surface area (TPSA) is 113 Å². The summed E-state index contributed by atoms with van der Waals surface area (Å²) in [6.07, 6.45) is 1.46. The molecule has 20 heavy (non-hydrogen) atoms. The second-order valence-corrected chi connectivity index (χ2v) is 5.78. The van der Waals surface area contributed by atoms with Crippen LogP contribution in [0, 0.1) is 0 Å². The highest BCUT2D eigenvalue weighted by Gasteiger charge is 2.24. The van der Waals surface area contributed by atoms with Gasteiger partial charge in [-0.05, 0) is 12.0 Å². The van der Waals surface area contributed by atoms with Gasteiger partial charge in [0.25, 0.3) is 0 Å². The van der Waals surface area contributed by atoms with Gasteiger partial charge >= 0.3 is 10.2 Å². The van der Waals surface area contributed by atoms with Crippen molar-refractivity contribution in [3.8, 4) is 0 Å². The number of imidazole rings is 1. The normalized spacial score (nSPS) is 16.1. The van der Waals surface area contributed by atoms with Gasteiger partial charge in [0.1, 0.15) is 11.5 Å². The molecule has 1 aromatic carbocycles. The molecule has 104 valence electrons. The molecule has 0 aliphatic carbocycles. The summed E-state index contributed by atoms with van der Waals surface area (Å²) in [7, 11) is -3.77. The van der Waals surface area contributed by atoms with Gasteiger partial charge in [0, 0.05) is 6.42 Å². The van der Waals surface area contributed by atoms with Crippen molar-refractivity contribution in [3.63, 3.8) is 0 Å². The zero-order valence-electron chi connectivity index (χ0n) is 10.5. The van der Waals surface area contributed by atoms with Crippen molar-refractivity contribution in [1.29, 1.82) is 0 Å². The van der Waals surface area contributed by atoms with E-state index in [1.54, 1.807) is 0 Å². The number of rotatable bonds is 3. The van der Waals surface area contributed by atoms with Crippen LogP contribution in [0.25, 0.3) is 0 Å². The number of amidine groups is 1. The summed E-state index contributed by atoms with van der Waals surface area (Å²) < 4.78 is 28.4. The Balaban J connectivity index is 1.80. The molecule has 0 fully saturated rings. The Morgan fingerprint density at radius 1 is 1.15 bits per heavy atom. The Morgan fingerprint density at radius 2 is 1.90 bits per heavy atom. The molecule has 2 aromatic rings. The first-order valence-corrected chi connectivity index (χ1v) is 7.49. The number of nitrogens with one attached hydrogen (secondary N) is 2. The molecule has 0 saturated carbocycles. The van der Waals surface area contributed by atoms with Crippen molar-refractivity contribution in [2.45, 2.75) is 12.8 Å². The maximum Gasteiger partial charge on any atom is 0.345 e. The van der Waals surface area contributed by atoms with E-state index >= 15 is 0 Å². The van der Waals surface area contributed by atoms with E-state index in [-0.39, 0.29) is 11.7 Å². The second kappa shape index (κ2) is 4.64. The highest BCUT2D eigenvalue weighted by Crippen LogP contribution is 2.20. The number of aromatic amines is 1. The number of H-pyrrole nitrogens is 1. The van der Waals surface area contributed by atoms with Crippen molar-refractivity contribution < 1.29 is 8.42 Å². The van der Waals surface area contributed by atoms with E-state index in [0.717, 1.165) is 6.42 Å². The summed E-state index contributed by atoms with van der Waals surface area (Å²) in [6, 6.07) is 9.96. The summed E-state index contributed by atoms with van der Waals surface area (Å²) in [4.78, 5) is 7.20. The first kappa shape index (κ1) is 12.7. The van der Waals surface area contributed by atoms with E-state index in [1.807, 2.05) is 30.3 Å². The summed E-state index contributed by atoms with van der Waals surface area (Å²) in [5.41, 5.74) is 7.21. The van der Waals surface area contributed by atoms with Crippen LogP contribution in [0.15, 0.2) is 34.7 Å². The number of benzene rings is 1. The lowest BCUT2D eigenvalue weighted by Gasteiger charge is -2.08. The van der Waals surface area contributed by atoms with Crippen molar-refractivity contribution in [2.75, 3.05) is 4.72 Å². The smallest absolute Gasteiger partial charge is 0.345 e. The van der Waals surface area contributed by atoms with Crippen LogP contribution in [-0.4, -0.2) is 24.2 Å². The molecule has 1 aliphatic heterocycles. The van der Waals surface area contributed by atoms with Crippen LogP contribution < -0.4 is 10.5 Å². The SMILES string of the molecule is NC1=NS(=O)(=O)Nc2nc(CCc3ccccc3)[nH]c21. The Labute approximate surface area is 116 Å². The Kier molecular flexibility index (Phi) is 2.94. The lowest BCUT2D eigenvalue weighted by atomic mass is 10.1. The predicted octanol–water partition coefficient (Wildman–Crippen LogP) is 0.570. The van der Waals surface area contributed by atoms with Crippen molar-refractivity contribution >= 4 is 21.9 Å². The van der Waals surface area contributed by atoms with Crippen LogP contribution >= 0.6 is 0 Å². The Morgan fingerprint density at radius 3 is 2.65 bits per heavy atom. The largest absolute Gasteiger partial charge is 0.381 e. The molecule has 1 aromatic heterocycles. The molecule has 0 saturated heterocycles. The van der Waals surface area contributed by atoms with Gasteiger partial charge in [-0.2, -0.15) is 8.42 Å². The molecule has 4 N–H and O–H groups in total. The van der Waals surface area contributed by atoms with E-state index in [2.05, 4.69) is 19.1 Å². The van der Waals surface area contributed by atoms with E-state index in [0.29, 0.717) is 17.9 Å². The lowest BCUT2D eigenvalue weighted by molar-refractivity contribution is 0.602. The quantitative estimate of drug-likeness (QED) is 0.767. The van der Waals surface area contributed by atoms with Crippen LogP contribution in [-0.2, 0) is 23.1 Å². The van der Waals surface area contributed by atoms with E-state index in [9.17, 15) is 8.42 Å². The number of hydrogen-bond acceptors (Lipinski definition) is 4. The highest BCUT2D eigenvalue weighted by atomic mass is 32.2. The average molecular weight is 291 g/mol. The average Bonchev–Trinajstić information content (AvgIpc) is 2.79. The van der Waals surface area contributed by atoms with Crippen LogP contribution in [0.4, 0.5) is 5.82 Å². The highest BCUT2D eigenvalue weighted by molar-refractivity contribution is 7.91. The first-order valence-electron chi connectivity index (χ1n) is 6.05. The summed E-state index contributed by atoms with van der Waals surface area (Å²) in [6.45, 7) is 0. The van der Waals surface area contributed by atoms with Crippen molar-refractivity contribution in [1.82, 2.24) is 9.97 Å². The van der Waals surface area contributed by atoms with Gasteiger partial charge in [-0.1, -0.05) is 30.3 Å². The molecule has 3 rings (SSSR count). The third-order valence-electron chi connectivity index (χ3n) is 2.95. The summed E-state index contributed by atoms with van der Waals surface area (Å²) in [5.74, 6) is 0.805. The van der Waals surface area contributed by atoms with Gasteiger partial charge in [-0.3, -0.25) is 0 Å². The van der Waals surface area contributed by atoms with Gasteiger partial charge in [0.05, 0.1) is 0 Å². The minimum Gasteiger partial charge on any atom is -0.381 e. The fraction of sp³-hybridized carbons (Fsp3) is 0.167. The zero-order valence-corrected chi connectivity index (χ0v) is 11.3. The lowest BCUT2D eigenvalue weighted by Crippen LogP contribution is -2.26. The summed E-state index contributed by atoms with van der Waals surface area (Å²) >= 11 is 0. The molecule has 0 unspecified atom stereocenters. The molecule has 0 atom stereocenters. The molecular weight excluding hydrogens is 278 g/mol. The molecule has 0 amide bonds. The number of aryl methyl sites for hydroxylation is 2. The first-order chi connectivity index (χ1) is 9.53. The fourth-order valence-corrected chi connectivity index (χ4v) is 2.82. The maximum atomic E-state index is 11.4. The number of nitrogens with zero attached hydrogens (tertiary/aromatic N) is 2. The number of fused-ring (bicyclic) bond motifs is 1. The number of hydrogen-bond donors (Lipinski definition) is 3. The molecule has 2 heterocycles. The van der Waals surface area contributed by atoms with Crippen molar-refractivity contribution in [3.05, 3.63) is 47.4 Å². The standard InChI is InChI=1S/C12H13N5O2S/c13-11-10-12(17-20(18,19)16-11)15-9(14-10)7-6-8-4-2-1-3-5-8/h1-5,17H,6-7H2,(H2,13,16)(H,14,15). The Bertz CT molecular complexity index is 764. The van der Waals surface area contributed by atoms with Gasteiger partial charge in [0.15, 0.2) is 11.7 Å². The summed E-state index contributed by atoms with van der Waals surface area (Å²) in [5, 5.41) is 0. The molecular formula is C12H13N5O2S. The van der Waals surface area contributed by atoms with E-state index < -0.39 is 10.2 Å². The van der Waals surface area contributed by atoms with Crippen LogP contribution in [0.3, 0.4) is 0 Å². The van der Waals surface area contributed by atoms with Crippen LogP contribution in [0.2, 0.25) is 0 Å². The van der Waals surface area contributed by atoms with Gasteiger partial charge < -0.3 is 10.7 Å². The minimum absolute atomic E-state index is 0.0720. The number of nitrogens with two attached hydrogens (primary N) is 1. The van der Waals surface area contributed by atoms with Crippen LogP contribution in [0.1, 0.15) is 17.1 Å². The monoisotopic (exact) mass is 291 g/mol. The third kappa shape index (κ3) is 2.50. The van der Waals surface area contributed by atoms with Crippen LogP contribution in [0.5, 0.6) is 0 Å². The molecule has 0 spiro atoms. The van der Waals surface area contributed by atoms with Gasteiger partial charge in [-0.15, -0.1) is 4.40 Å². The molecule has 1 aliphatic rings. The maximum absolute atomic E-state index is 11.4. The predicted molar refractivity (Wildman–Crippen MR) is 75.7 cm³/mol. The number of anilines is 1. The van der Waals surface area contributed by atoms with Gasteiger partial charge in [0.2, 0.25) is 0 Å². The molecule has 7 nitrogen and oxygen atoms in total. The third-order valence-corrected chi connectivity index (χ3v) is 3.83. The molecule has 0 bridgehead atoms. The molecule has 0 radical (unpaired) electrons. The van der Waals surface area contributed by atoms with Crippen molar-refractivity contribution in [2.24, 2.45) is 10.1 Å².